The minimum atomic E-state index is -0.905. The molecule has 0 N–H and O–H groups in total. The maximum Gasteiger partial charge on any atom is 0.417 e. The topological polar surface area (TPSA) is 72.9 Å². The van der Waals surface area contributed by atoms with Gasteiger partial charge >= 0.3 is 12.1 Å². The first-order valence-corrected chi connectivity index (χ1v) is 7.00. The van der Waals surface area contributed by atoms with E-state index in [4.69, 9.17) is 9.47 Å². The van der Waals surface area contributed by atoms with Crippen molar-refractivity contribution in [3.8, 4) is 0 Å². The first kappa shape index (κ1) is 15.5. The highest BCUT2D eigenvalue weighted by atomic mass is 16.6. The molecule has 2 amide bonds. The molecule has 0 aromatic rings. The number of esters is 1. The second-order valence-corrected chi connectivity index (χ2v) is 6.56. The molecule has 0 radical (unpaired) electrons. The van der Waals surface area contributed by atoms with Crippen LogP contribution in [0, 0.1) is 5.41 Å². The van der Waals surface area contributed by atoms with Crippen LogP contribution in [0.15, 0.2) is 12.2 Å². The number of nitrogens with zero attached hydrogens (tertiary/aromatic N) is 1. The van der Waals surface area contributed by atoms with Gasteiger partial charge < -0.3 is 9.47 Å². The SMILES string of the molecule is COC(=O)[C@H]1CC2(CC=CC2)C(=O)N1C(=O)OC(C)(C)C. The Kier molecular flexibility index (Phi) is 3.82. The average Bonchev–Trinajstić information content (AvgIpc) is 2.94. The number of hydrogen-bond donors (Lipinski definition) is 0. The van der Waals surface area contributed by atoms with Crippen molar-refractivity contribution in [1.82, 2.24) is 4.90 Å². The number of allylic oxidation sites excluding steroid dienone is 2. The summed E-state index contributed by atoms with van der Waals surface area (Å²) in [6.07, 6.45) is 4.39. The van der Waals surface area contributed by atoms with Crippen molar-refractivity contribution in [1.29, 1.82) is 0 Å². The molecule has 0 unspecified atom stereocenters. The Morgan fingerprint density at radius 3 is 2.33 bits per heavy atom. The third-order valence-corrected chi connectivity index (χ3v) is 3.82. The number of rotatable bonds is 1. The summed E-state index contributed by atoms with van der Waals surface area (Å²) >= 11 is 0. The molecule has 1 heterocycles. The van der Waals surface area contributed by atoms with Crippen molar-refractivity contribution < 1.29 is 23.9 Å². The van der Waals surface area contributed by atoms with E-state index in [0.29, 0.717) is 12.8 Å². The summed E-state index contributed by atoms with van der Waals surface area (Å²) in [5.41, 5.74) is -1.43. The molecule has 1 spiro atoms. The molecule has 116 valence electrons. The van der Waals surface area contributed by atoms with Gasteiger partial charge in [-0.25, -0.2) is 14.5 Å². The van der Waals surface area contributed by atoms with Crippen LogP contribution >= 0.6 is 0 Å². The molecule has 0 bridgehead atoms. The second-order valence-electron chi connectivity index (χ2n) is 6.56. The molecule has 21 heavy (non-hydrogen) atoms. The van der Waals surface area contributed by atoms with E-state index in [9.17, 15) is 14.4 Å². The molecule has 1 fully saturated rings. The quantitative estimate of drug-likeness (QED) is 0.546. The zero-order valence-electron chi connectivity index (χ0n) is 12.8. The number of hydrogen-bond acceptors (Lipinski definition) is 5. The van der Waals surface area contributed by atoms with E-state index in [1.54, 1.807) is 20.8 Å². The Bertz CT molecular complexity index is 495. The standard InChI is InChI=1S/C15H21NO5/c1-14(2,3)21-13(19)16-10(11(17)20-4)9-15(12(16)18)7-5-6-8-15/h5-6,10H,7-9H2,1-4H3/t10-/m1/s1. The van der Waals surface area contributed by atoms with Crippen LogP contribution in [0.4, 0.5) is 4.79 Å². The molecule has 1 atom stereocenters. The van der Waals surface area contributed by atoms with Crippen LogP contribution < -0.4 is 0 Å². The lowest BCUT2D eigenvalue weighted by atomic mass is 9.82. The van der Waals surface area contributed by atoms with Crippen LogP contribution in [0.5, 0.6) is 0 Å². The van der Waals surface area contributed by atoms with Gasteiger partial charge in [-0.2, -0.15) is 0 Å². The van der Waals surface area contributed by atoms with Gasteiger partial charge in [-0.1, -0.05) is 12.2 Å². The third kappa shape index (κ3) is 2.80. The van der Waals surface area contributed by atoms with Crippen LogP contribution in [-0.2, 0) is 19.1 Å². The molecule has 1 aliphatic heterocycles. The van der Waals surface area contributed by atoms with Gasteiger partial charge in [0.25, 0.3) is 0 Å². The van der Waals surface area contributed by atoms with Crippen molar-refractivity contribution in [2.45, 2.75) is 51.7 Å². The highest BCUT2D eigenvalue weighted by Gasteiger charge is 2.57. The van der Waals surface area contributed by atoms with E-state index in [1.807, 2.05) is 12.2 Å². The summed E-state index contributed by atoms with van der Waals surface area (Å²) in [6.45, 7) is 5.14. The van der Waals surface area contributed by atoms with Crippen molar-refractivity contribution in [2.75, 3.05) is 7.11 Å². The van der Waals surface area contributed by atoms with Gasteiger partial charge in [0.2, 0.25) is 5.91 Å². The highest BCUT2D eigenvalue weighted by molar-refractivity contribution is 6.03. The van der Waals surface area contributed by atoms with E-state index < -0.39 is 29.1 Å². The van der Waals surface area contributed by atoms with Gasteiger partial charge in [-0.3, -0.25) is 4.79 Å². The number of likely N-dealkylation sites (tertiary alicyclic amines) is 1. The Labute approximate surface area is 124 Å². The Morgan fingerprint density at radius 2 is 1.86 bits per heavy atom. The minimum absolute atomic E-state index is 0.282. The number of methoxy groups -OCH3 is 1. The van der Waals surface area contributed by atoms with Crippen LogP contribution in [0.25, 0.3) is 0 Å². The van der Waals surface area contributed by atoms with Crippen molar-refractivity contribution >= 4 is 18.0 Å². The molecular weight excluding hydrogens is 274 g/mol. The fraction of sp³-hybridized carbons (Fsp3) is 0.667. The summed E-state index contributed by atoms with van der Waals surface area (Å²) in [5.74, 6) is -0.935. The Balaban J connectivity index is 2.28. The number of carbonyl (C=O) groups is 3. The monoisotopic (exact) mass is 295 g/mol. The summed E-state index contributed by atoms with van der Waals surface area (Å²) < 4.78 is 9.99. The maximum absolute atomic E-state index is 12.7. The first-order chi connectivity index (χ1) is 9.70. The molecule has 0 aromatic carbocycles. The summed E-state index contributed by atoms with van der Waals surface area (Å²) in [4.78, 5) is 37.8. The number of carbonyl (C=O) groups excluding carboxylic acids is 3. The largest absolute Gasteiger partial charge is 0.467 e. The lowest BCUT2D eigenvalue weighted by Crippen LogP contribution is -2.46. The summed E-state index contributed by atoms with van der Waals surface area (Å²) in [6, 6.07) is -0.905. The smallest absolute Gasteiger partial charge is 0.417 e. The van der Waals surface area contributed by atoms with Crippen LogP contribution in [-0.4, -0.2) is 41.6 Å². The molecule has 6 heteroatoms. The van der Waals surface area contributed by atoms with Crippen LogP contribution in [0.2, 0.25) is 0 Å². The predicted molar refractivity (Wildman–Crippen MR) is 74.3 cm³/mol. The normalized spacial score (nSPS) is 23.7. The zero-order valence-corrected chi connectivity index (χ0v) is 12.8. The van der Waals surface area contributed by atoms with E-state index in [1.165, 1.54) is 7.11 Å². The first-order valence-electron chi connectivity index (χ1n) is 7.00. The third-order valence-electron chi connectivity index (χ3n) is 3.82. The van der Waals surface area contributed by atoms with E-state index in [0.717, 1.165) is 4.90 Å². The van der Waals surface area contributed by atoms with Gasteiger partial charge in [0.1, 0.15) is 11.6 Å². The van der Waals surface area contributed by atoms with E-state index >= 15 is 0 Å². The highest BCUT2D eigenvalue weighted by Crippen LogP contribution is 2.46. The van der Waals surface area contributed by atoms with Gasteiger partial charge in [0.05, 0.1) is 12.5 Å². The molecule has 2 rings (SSSR count). The second kappa shape index (κ2) is 5.16. The summed E-state index contributed by atoms with van der Waals surface area (Å²) in [5, 5.41) is 0. The van der Waals surface area contributed by atoms with Gasteiger partial charge in [-0.05, 0) is 40.0 Å². The molecule has 0 aromatic heterocycles. The lowest BCUT2D eigenvalue weighted by Gasteiger charge is -2.26. The molecule has 0 saturated carbocycles. The van der Waals surface area contributed by atoms with Crippen LogP contribution in [0.1, 0.15) is 40.0 Å². The summed E-state index contributed by atoms with van der Waals surface area (Å²) in [7, 11) is 1.25. The Hall–Kier alpha value is -1.85. The van der Waals surface area contributed by atoms with Gasteiger partial charge in [0.15, 0.2) is 0 Å². The van der Waals surface area contributed by atoms with E-state index in [2.05, 4.69) is 0 Å². The molecule has 1 saturated heterocycles. The zero-order chi connectivity index (χ0) is 15.8. The Morgan fingerprint density at radius 1 is 1.29 bits per heavy atom. The molecular formula is C15H21NO5. The molecule has 1 aliphatic carbocycles. The molecule has 6 nitrogen and oxygen atoms in total. The van der Waals surface area contributed by atoms with E-state index in [-0.39, 0.29) is 12.3 Å². The average molecular weight is 295 g/mol. The van der Waals surface area contributed by atoms with Crippen molar-refractivity contribution in [3.05, 3.63) is 12.2 Å². The number of ether oxygens (including phenoxy) is 2. The van der Waals surface area contributed by atoms with Gasteiger partial charge in [-0.15, -0.1) is 0 Å². The fourth-order valence-corrected chi connectivity index (χ4v) is 2.83. The fourth-order valence-electron chi connectivity index (χ4n) is 2.83. The van der Waals surface area contributed by atoms with Crippen molar-refractivity contribution in [3.63, 3.8) is 0 Å². The number of amides is 2. The lowest BCUT2D eigenvalue weighted by molar-refractivity contribution is -0.149. The van der Waals surface area contributed by atoms with Crippen molar-refractivity contribution in [2.24, 2.45) is 5.41 Å². The maximum atomic E-state index is 12.7. The minimum Gasteiger partial charge on any atom is -0.467 e. The predicted octanol–water partition coefficient (Wildman–Crippen LogP) is 2.03. The number of imide groups is 1. The van der Waals surface area contributed by atoms with Gasteiger partial charge in [0, 0.05) is 0 Å². The van der Waals surface area contributed by atoms with Crippen LogP contribution in [0.3, 0.4) is 0 Å². The molecule has 2 aliphatic rings.